The van der Waals surface area contributed by atoms with Gasteiger partial charge in [0.05, 0.1) is 26.9 Å². The Morgan fingerprint density at radius 2 is 1.71 bits per heavy atom. The first kappa shape index (κ1) is 26.7. The number of benzene rings is 2. The number of hydrogen-bond acceptors (Lipinski definition) is 5. The van der Waals surface area contributed by atoms with Gasteiger partial charge < -0.3 is 24.1 Å². The molecule has 5 rings (SSSR count). The largest absolute Gasteiger partial charge is 0.496 e. The quantitative estimate of drug-likeness (QED) is 0.404. The number of hydrogen-bond donors (Lipinski definition) is 1. The second-order valence-electron chi connectivity index (χ2n) is 12.0. The van der Waals surface area contributed by atoms with Crippen molar-refractivity contribution in [2.45, 2.75) is 64.4 Å². The molecule has 5 heteroatoms. The van der Waals surface area contributed by atoms with Gasteiger partial charge in [0, 0.05) is 23.1 Å². The summed E-state index contributed by atoms with van der Waals surface area (Å²) in [5, 5.41) is 11.7. The van der Waals surface area contributed by atoms with Gasteiger partial charge in [-0.1, -0.05) is 49.4 Å². The van der Waals surface area contributed by atoms with Gasteiger partial charge in [0.15, 0.2) is 11.5 Å². The van der Waals surface area contributed by atoms with Crippen molar-refractivity contribution >= 4 is 5.76 Å². The number of rotatable bonds is 6. The van der Waals surface area contributed by atoms with Gasteiger partial charge in [0.1, 0.15) is 11.5 Å². The summed E-state index contributed by atoms with van der Waals surface area (Å²) in [5.74, 6) is 4.29. The Balaban J connectivity index is 1.70. The van der Waals surface area contributed by atoms with Crippen LogP contribution in [0.1, 0.15) is 69.9 Å². The summed E-state index contributed by atoms with van der Waals surface area (Å²) in [5.41, 5.74) is 2.47. The van der Waals surface area contributed by atoms with Crippen molar-refractivity contribution in [1.82, 2.24) is 0 Å². The minimum Gasteiger partial charge on any atom is -0.496 e. The molecule has 2 aliphatic carbocycles. The topological polar surface area (TPSA) is 57.2 Å². The van der Waals surface area contributed by atoms with Crippen molar-refractivity contribution in [3.05, 3.63) is 65.8 Å². The van der Waals surface area contributed by atoms with Gasteiger partial charge in [-0.05, 0) is 75.2 Å². The Morgan fingerprint density at radius 1 is 1.00 bits per heavy atom. The summed E-state index contributed by atoms with van der Waals surface area (Å²) in [7, 11) is 4.98. The van der Waals surface area contributed by atoms with E-state index >= 15 is 0 Å². The molecule has 204 valence electrons. The van der Waals surface area contributed by atoms with Crippen LogP contribution in [-0.4, -0.2) is 32.0 Å². The van der Waals surface area contributed by atoms with Gasteiger partial charge in [0.25, 0.3) is 0 Å². The standard InChI is InChI=1S/C33H42O5/c1-20(2)22-13-15-32(3)24(14-16-33(4,34)28(32)17-22)23-18-25(21-11-9-8-10-12-21)38-31-29(23)26(35-5)19-27(36-6)30(31)37-7/h8-12,18-19,22-24,28,34H,1,13-17H2,2-7H3. The third kappa shape index (κ3) is 4.29. The van der Waals surface area contributed by atoms with Crippen molar-refractivity contribution in [1.29, 1.82) is 0 Å². The van der Waals surface area contributed by atoms with E-state index in [1.807, 2.05) is 31.2 Å². The van der Waals surface area contributed by atoms with Crippen molar-refractivity contribution in [2.24, 2.45) is 23.2 Å². The first-order valence-electron chi connectivity index (χ1n) is 13.8. The highest BCUT2D eigenvalue weighted by Gasteiger charge is 2.57. The van der Waals surface area contributed by atoms with Crippen LogP contribution in [0.2, 0.25) is 0 Å². The van der Waals surface area contributed by atoms with E-state index in [1.54, 1.807) is 21.3 Å². The lowest BCUT2D eigenvalue weighted by molar-refractivity contribution is -0.150. The first-order chi connectivity index (χ1) is 18.1. The third-order valence-electron chi connectivity index (χ3n) is 9.82. The molecule has 2 saturated carbocycles. The van der Waals surface area contributed by atoms with E-state index in [0.29, 0.717) is 23.2 Å². The molecule has 0 amide bonds. The van der Waals surface area contributed by atoms with Crippen LogP contribution in [0.4, 0.5) is 0 Å². The lowest BCUT2D eigenvalue weighted by Crippen LogP contribution is -2.56. The maximum absolute atomic E-state index is 11.7. The molecular formula is C33H42O5. The monoisotopic (exact) mass is 518 g/mol. The number of fused-ring (bicyclic) bond motifs is 2. The first-order valence-corrected chi connectivity index (χ1v) is 13.8. The Kier molecular flexibility index (Phi) is 7.02. The van der Waals surface area contributed by atoms with E-state index in [1.165, 1.54) is 5.57 Å². The fourth-order valence-corrected chi connectivity index (χ4v) is 7.73. The van der Waals surface area contributed by atoms with Crippen LogP contribution in [0.15, 0.2) is 54.6 Å². The molecule has 2 aromatic rings. The van der Waals surface area contributed by atoms with Crippen LogP contribution in [0.25, 0.3) is 5.76 Å². The minimum atomic E-state index is -0.707. The lowest BCUT2D eigenvalue weighted by Gasteiger charge is -2.59. The Morgan fingerprint density at radius 3 is 2.34 bits per heavy atom. The summed E-state index contributed by atoms with van der Waals surface area (Å²) in [6, 6.07) is 12.1. The van der Waals surface area contributed by atoms with Crippen molar-refractivity contribution < 1.29 is 24.1 Å². The SMILES string of the molecule is C=C(C)C1CCC2(C)C(C3C=C(c4ccccc4)Oc4c(OC)c(OC)cc(OC)c43)CCC(C)(O)C2C1. The molecule has 6 atom stereocenters. The highest BCUT2D eigenvalue weighted by molar-refractivity contribution is 5.73. The average Bonchev–Trinajstić information content (AvgIpc) is 2.91. The van der Waals surface area contributed by atoms with Gasteiger partial charge in [0.2, 0.25) is 5.75 Å². The zero-order valence-corrected chi connectivity index (χ0v) is 23.7. The van der Waals surface area contributed by atoms with Gasteiger partial charge in [-0.25, -0.2) is 0 Å². The summed E-state index contributed by atoms with van der Waals surface area (Å²) in [6.45, 7) is 10.9. The number of allylic oxidation sites excluding steroid dienone is 2. The number of ether oxygens (including phenoxy) is 4. The molecule has 0 saturated heterocycles. The Labute approximate surface area is 227 Å². The van der Waals surface area contributed by atoms with E-state index in [9.17, 15) is 5.11 Å². The van der Waals surface area contributed by atoms with Gasteiger partial charge in [-0.3, -0.25) is 0 Å². The molecule has 38 heavy (non-hydrogen) atoms. The Bertz CT molecular complexity index is 1230. The van der Waals surface area contributed by atoms with Crippen molar-refractivity contribution in [2.75, 3.05) is 21.3 Å². The molecule has 0 spiro atoms. The summed E-state index contributed by atoms with van der Waals surface area (Å²) in [4.78, 5) is 0. The molecule has 5 nitrogen and oxygen atoms in total. The zero-order chi connectivity index (χ0) is 27.2. The molecule has 0 bridgehead atoms. The lowest BCUT2D eigenvalue weighted by atomic mass is 9.47. The highest BCUT2D eigenvalue weighted by Crippen LogP contribution is 2.65. The predicted molar refractivity (Wildman–Crippen MR) is 151 cm³/mol. The van der Waals surface area contributed by atoms with Crippen LogP contribution in [0.5, 0.6) is 23.0 Å². The molecule has 0 aromatic heterocycles. The van der Waals surface area contributed by atoms with Crippen LogP contribution in [0, 0.1) is 23.2 Å². The number of aliphatic hydroxyl groups is 1. The molecule has 0 radical (unpaired) electrons. The molecule has 3 aliphatic rings. The van der Waals surface area contributed by atoms with E-state index in [4.69, 9.17) is 18.9 Å². The molecule has 2 fully saturated rings. The molecule has 6 unspecified atom stereocenters. The molecule has 1 aliphatic heterocycles. The molecular weight excluding hydrogens is 476 g/mol. The smallest absolute Gasteiger partial charge is 0.204 e. The maximum atomic E-state index is 11.7. The predicted octanol–water partition coefficient (Wildman–Crippen LogP) is 7.39. The van der Waals surface area contributed by atoms with Gasteiger partial charge in [-0.2, -0.15) is 0 Å². The van der Waals surface area contributed by atoms with Gasteiger partial charge in [-0.15, -0.1) is 0 Å². The average molecular weight is 519 g/mol. The minimum absolute atomic E-state index is 0.0219. The Hall–Kier alpha value is -2.92. The zero-order valence-electron chi connectivity index (χ0n) is 23.7. The fraction of sp³-hybridized carbons (Fsp3) is 0.515. The highest BCUT2D eigenvalue weighted by atomic mass is 16.5. The van der Waals surface area contributed by atoms with E-state index in [-0.39, 0.29) is 23.2 Å². The van der Waals surface area contributed by atoms with Crippen LogP contribution in [-0.2, 0) is 0 Å². The van der Waals surface area contributed by atoms with Gasteiger partial charge >= 0.3 is 0 Å². The third-order valence-corrected chi connectivity index (χ3v) is 9.82. The fourth-order valence-electron chi connectivity index (χ4n) is 7.73. The maximum Gasteiger partial charge on any atom is 0.204 e. The van der Waals surface area contributed by atoms with Crippen molar-refractivity contribution in [3.8, 4) is 23.0 Å². The normalized spacial score (nSPS) is 32.2. The van der Waals surface area contributed by atoms with Crippen LogP contribution in [0.3, 0.4) is 0 Å². The van der Waals surface area contributed by atoms with E-state index in [0.717, 1.165) is 54.7 Å². The summed E-state index contributed by atoms with van der Waals surface area (Å²) < 4.78 is 24.2. The molecule has 1 heterocycles. The van der Waals surface area contributed by atoms with Crippen LogP contribution >= 0.6 is 0 Å². The second kappa shape index (κ2) is 10.00. The number of methoxy groups -OCH3 is 3. The molecule has 2 aromatic carbocycles. The summed E-state index contributed by atoms with van der Waals surface area (Å²) >= 11 is 0. The van der Waals surface area contributed by atoms with Crippen molar-refractivity contribution in [3.63, 3.8) is 0 Å². The molecule has 1 N–H and O–H groups in total. The second-order valence-corrected chi connectivity index (χ2v) is 12.0. The summed E-state index contributed by atoms with van der Waals surface area (Å²) in [6.07, 6.45) is 7.08. The van der Waals surface area contributed by atoms with E-state index < -0.39 is 5.60 Å². The van der Waals surface area contributed by atoms with E-state index in [2.05, 4.69) is 38.6 Å². The van der Waals surface area contributed by atoms with Crippen LogP contribution < -0.4 is 18.9 Å².